The monoisotopic (exact) mass is 526 g/mol. The van der Waals surface area contributed by atoms with Crippen LogP contribution in [-0.2, 0) is 21.8 Å². The molecule has 2 atom stereocenters. The summed E-state index contributed by atoms with van der Waals surface area (Å²) >= 11 is 0. The van der Waals surface area contributed by atoms with Gasteiger partial charge in [-0.1, -0.05) is 13.8 Å². The third-order valence-corrected chi connectivity index (χ3v) is 13.4. The van der Waals surface area contributed by atoms with Crippen LogP contribution in [0.2, 0.25) is 12.1 Å². The Morgan fingerprint density at radius 1 is 0.629 bits per heavy atom. The van der Waals surface area contributed by atoms with E-state index in [0.29, 0.717) is 50.6 Å². The van der Waals surface area contributed by atoms with Crippen molar-refractivity contribution < 1.29 is 21.8 Å². The lowest BCUT2D eigenvalue weighted by molar-refractivity contribution is 0.0475. The molecular formula is C24H46N4O5Si2. The maximum Gasteiger partial charge on any atom is 0.493 e. The maximum absolute atomic E-state index is 6.95. The molecule has 0 amide bonds. The van der Waals surface area contributed by atoms with Crippen molar-refractivity contribution in [3.8, 4) is 0 Å². The summed E-state index contributed by atoms with van der Waals surface area (Å²) in [6, 6.07) is 1.99. The van der Waals surface area contributed by atoms with Crippen LogP contribution in [0.15, 0.2) is 37.4 Å². The minimum Gasteiger partial charge on any atom is -0.374 e. The van der Waals surface area contributed by atoms with Crippen molar-refractivity contribution in [3.05, 3.63) is 37.4 Å². The molecule has 0 radical (unpaired) electrons. The first-order valence-corrected chi connectivity index (χ1v) is 17.1. The van der Waals surface area contributed by atoms with Crippen LogP contribution < -0.4 is 0 Å². The Kier molecular flexibility index (Phi) is 13.4. The highest BCUT2D eigenvalue weighted by Crippen LogP contribution is 2.33. The fourth-order valence-corrected chi connectivity index (χ4v) is 12.0. The highest BCUT2D eigenvalue weighted by atomic mass is 28.5. The van der Waals surface area contributed by atoms with Gasteiger partial charge in [0.15, 0.2) is 0 Å². The van der Waals surface area contributed by atoms with E-state index in [9.17, 15) is 0 Å². The molecule has 0 fully saturated rings. The van der Waals surface area contributed by atoms with Crippen LogP contribution in [0.3, 0.4) is 0 Å². The zero-order valence-corrected chi connectivity index (χ0v) is 24.5. The van der Waals surface area contributed by atoms with Crippen LogP contribution in [0, 0.1) is 0 Å². The first-order valence-electron chi connectivity index (χ1n) is 13.2. The predicted octanol–water partition coefficient (Wildman–Crippen LogP) is 5.50. The molecule has 2 aromatic heterocycles. The molecule has 0 aromatic carbocycles. The smallest absolute Gasteiger partial charge is 0.374 e. The SMILES string of the molecule is CCO[Si](CCC(CC)n1ccnc1)(OCC)O[Si](CCC(CC)n1ccnc1)(OCC)OCC. The van der Waals surface area contributed by atoms with Gasteiger partial charge in [-0.2, -0.15) is 0 Å². The van der Waals surface area contributed by atoms with Crippen LogP contribution in [0.1, 0.15) is 79.3 Å². The second-order valence-corrected chi connectivity index (χ2v) is 14.1. The highest BCUT2D eigenvalue weighted by Gasteiger charge is 2.53. The van der Waals surface area contributed by atoms with Gasteiger partial charge in [0.2, 0.25) is 0 Å². The van der Waals surface area contributed by atoms with Crippen molar-refractivity contribution in [1.29, 1.82) is 0 Å². The molecule has 2 aromatic rings. The van der Waals surface area contributed by atoms with Gasteiger partial charge in [-0.15, -0.1) is 0 Å². The summed E-state index contributed by atoms with van der Waals surface area (Å²) < 4.78 is 36.7. The van der Waals surface area contributed by atoms with Gasteiger partial charge in [0.05, 0.1) is 12.7 Å². The van der Waals surface area contributed by atoms with Gasteiger partial charge in [-0.3, -0.25) is 0 Å². The van der Waals surface area contributed by atoms with Crippen LogP contribution in [0.25, 0.3) is 0 Å². The molecule has 0 saturated heterocycles. The van der Waals surface area contributed by atoms with E-state index in [1.54, 1.807) is 0 Å². The summed E-state index contributed by atoms with van der Waals surface area (Å²) in [4.78, 5) is 8.45. The number of imidazole rings is 2. The summed E-state index contributed by atoms with van der Waals surface area (Å²) in [6.45, 7) is 14.4. The zero-order chi connectivity index (χ0) is 25.6. The standard InChI is InChI=1S/C24H46N4O5Si2/c1-7-23(27-17-15-25-21-27)13-19-34(29-9-3,30-10-4)33-35(31-11-5,32-12-6)20-14-24(8-2)28-18-16-26-22-28/h15-18,21-24H,7-14,19-20H2,1-6H3. The molecule has 0 aliphatic heterocycles. The number of aromatic nitrogens is 4. The minimum atomic E-state index is -3.09. The van der Waals surface area contributed by atoms with Crippen LogP contribution in [0.5, 0.6) is 0 Å². The van der Waals surface area contributed by atoms with Gasteiger partial charge in [-0.25, -0.2) is 9.97 Å². The normalized spacial score (nSPS) is 14.3. The molecule has 9 nitrogen and oxygen atoms in total. The van der Waals surface area contributed by atoms with Crippen molar-refractivity contribution in [2.24, 2.45) is 0 Å². The molecule has 2 heterocycles. The second kappa shape index (κ2) is 15.7. The van der Waals surface area contributed by atoms with Crippen molar-refractivity contribution >= 4 is 17.6 Å². The Bertz CT molecular complexity index is 703. The summed E-state index contributed by atoms with van der Waals surface area (Å²) in [5.41, 5.74) is 0. The van der Waals surface area contributed by atoms with E-state index in [-0.39, 0.29) is 0 Å². The van der Waals surface area contributed by atoms with E-state index in [1.165, 1.54) is 0 Å². The molecular weight excluding hydrogens is 480 g/mol. The topological polar surface area (TPSA) is 81.8 Å². The molecule has 0 aliphatic rings. The number of rotatable bonds is 20. The Hall–Kier alpha value is -1.35. The fraction of sp³-hybridized carbons (Fsp3) is 0.750. The molecule has 2 unspecified atom stereocenters. The van der Waals surface area contributed by atoms with Crippen LogP contribution in [-0.4, -0.2) is 63.1 Å². The number of nitrogens with zero attached hydrogens (tertiary/aromatic N) is 4. The Morgan fingerprint density at radius 2 is 1.00 bits per heavy atom. The maximum atomic E-state index is 6.95. The van der Waals surface area contributed by atoms with Gasteiger partial charge in [-0.05, 0) is 53.4 Å². The van der Waals surface area contributed by atoms with Crippen LogP contribution in [0.4, 0.5) is 0 Å². The highest BCUT2D eigenvalue weighted by molar-refractivity contribution is 6.75. The van der Waals surface area contributed by atoms with Crippen molar-refractivity contribution in [3.63, 3.8) is 0 Å². The van der Waals surface area contributed by atoms with E-state index in [2.05, 4.69) is 32.9 Å². The third-order valence-electron chi connectivity index (χ3n) is 6.17. The second-order valence-electron chi connectivity index (χ2n) is 8.42. The molecule has 0 saturated carbocycles. The first-order chi connectivity index (χ1) is 17.0. The average Bonchev–Trinajstić information content (AvgIpc) is 3.56. The predicted molar refractivity (Wildman–Crippen MR) is 141 cm³/mol. The van der Waals surface area contributed by atoms with Gasteiger partial charge in [0, 0.05) is 75.4 Å². The summed E-state index contributed by atoms with van der Waals surface area (Å²) in [5, 5.41) is 0. The van der Waals surface area contributed by atoms with Crippen molar-refractivity contribution in [2.45, 2.75) is 91.4 Å². The molecule has 200 valence electrons. The summed E-state index contributed by atoms with van der Waals surface area (Å²) in [6.07, 6.45) is 15.1. The summed E-state index contributed by atoms with van der Waals surface area (Å²) in [5.74, 6) is 0. The molecule has 0 spiro atoms. The molecule has 0 N–H and O–H groups in total. The van der Waals surface area contributed by atoms with Crippen molar-refractivity contribution in [1.82, 2.24) is 19.1 Å². The van der Waals surface area contributed by atoms with Gasteiger partial charge in [0.1, 0.15) is 0 Å². The number of hydrogen-bond donors (Lipinski definition) is 0. The molecule has 35 heavy (non-hydrogen) atoms. The quantitative estimate of drug-likeness (QED) is 0.211. The van der Waals surface area contributed by atoms with Crippen LogP contribution >= 0.6 is 0 Å². The number of hydrogen-bond acceptors (Lipinski definition) is 7. The van der Waals surface area contributed by atoms with Crippen molar-refractivity contribution in [2.75, 3.05) is 26.4 Å². The van der Waals surface area contributed by atoms with E-state index >= 15 is 0 Å². The van der Waals surface area contributed by atoms with Gasteiger partial charge in [0.25, 0.3) is 0 Å². The molecule has 0 bridgehead atoms. The molecule has 11 heteroatoms. The first kappa shape index (κ1) is 29.9. The van der Waals surface area contributed by atoms with E-state index in [4.69, 9.17) is 21.8 Å². The Labute approximate surface area is 213 Å². The van der Waals surface area contributed by atoms with E-state index in [1.807, 2.05) is 65.1 Å². The lowest BCUT2D eigenvalue weighted by Gasteiger charge is -2.39. The lowest BCUT2D eigenvalue weighted by Crippen LogP contribution is -2.59. The third kappa shape index (κ3) is 8.92. The largest absolute Gasteiger partial charge is 0.493 e. The summed E-state index contributed by atoms with van der Waals surface area (Å²) in [7, 11) is -6.17. The van der Waals surface area contributed by atoms with Gasteiger partial charge >= 0.3 is 17.6 Å². The molecule has 2 rings (SSSR count). The van der Waals surface area contributed by atoms with E-state index < -0.39 is 17.6 Å². The fourth-order valence-electron chi connectivity index (χ4n) is 4.49. The minimum absolute atomic E-state index is 0.301. The molecule has 0 aliphatic carbocycles. The Balaban J connectivity index is 2.28. The average molecular weight is 527 g/mol. The Morgan fingerprint density at radius 3 is 1.26 bits per heavy atom. The zero-order valence-electron chi connectivity index (χ0n) is 22.5. The van der Waals surface area contributed by atoms with E-state index in [0.717, 1.165) is 25.7 Å². The lowest BCUT2D eigenvalue weighted by atomic mass is 10.2. The van der Waals surface area contributed by atoms with Gasteiger partial charge < -0.3 is 31.0 Å².